The predicted octanol–water partition coefficient (Wildman–Crippen LogP) is 0.666. The van der Waals surface area contributed by atoms with E-state index in [0.717, 1.165) is 24.3 Å². The third kappa shape index (κ3) is 2.72. The van der Waals surface area contributed by atoms with Gasteiger partial charge < -0.3 is 10.4 Å². The van der Waals surface area contributed by atoms with Crippen molar-refractivity contribution in [1.82, 2.24) is 25.3 Å². The van der Waals surface area contributed by atoms with Gasteiger partial charge in [0.1, 0.15) is 5.82 Å². The largest absolute Gasteiger partial charge is 0.392 e. The van der Waals surface area contributed by atoms with Crippen LogP contribution in [0, 0.1) is 0 Å². The molecule has 0 amide bonds. The summed E-state index contributed by atoms with van der Waals surface area (Å²) in [5, 5.41) is 27.5. The number of rotatable bonds is 5. The number of anilines is 1. The Morgan fingerprint density at radius 2 is 1.85 bits per heavy atom. The van der Waals surface area contributed by atoms with Gasteiger partial charge in [0.05, 0.1) is 6.61 Å². The molecule has 0 aliphatic rings. The first-order chi connectivity index (χ1) is 9.85. The molecule has 0 radical (unpaired) electrons. The van der Waals surface area contributed by atoms with E-state index in [-0.39, 0.29) is 6.61 Å². The maximum Gasteiger partial charge on any atom is 0.200 e. The SMILES string of the molecule is OCc1ccc(CCNc2ccc3nnnn3n2)cc1. The van der Waals surface area contributed by atoms with Crippen LogP contribution in [-0.4, -0.2) is 36.9 Å². The predicted molar refractivity (Wildman–Crippen MR) is 73.1 cm³/mol. The molecule has 20 heavy (non-hydrogen) atoms. The van der Waals surface area contributed by atoms with E-state index in [1.807, 2.05) is 36.4 Å². The summed E-state index contributed by atoms with van der Waals surface area (Å²) in [5.74, 6) is 0.733. The van der Waals surface area contributed by atoms with Crippen LogP contribution < -0.4 is 5.32 Å². The zero-order valence-corrected chi connectivity index (χ0v) is 10.8. The molecule has 0 aliphatic heterocycles. The molecule has 0 bridgehead atoms. The summed E-state index contributed by atoms with van der Waals surface area (Å²) in [7, 11) is 0. The van der Waals surface area contributed by atoms with Crippen molar-refractivity contribution in [2.45, 2.75) is 13.0 Å². The molecule has 102 valence electrons. The van der Waals surface area contributed by atoms with E-state index in [4.69, 9.17) is 5.11 Å². The summed E-state index contributed by atoms with van der Waals surface area (Å²) in [6.07, 6.45) is 0.876. The van der Waals surface area contributed by atoms with Crippen molar-refractivity contribution >= 4 is 11.5 Å². The Bertz CT molecular complexity index is 693. The quantitative estimate of drug-likeness (QED) is 0.708. The second kappa shape index (κ2) is 5.62. The number of hydrogen-bond donors (Lipinski definition) is 2. The Morgan fingerprint density at radius 1 is 1.05 bits per heavy atom. The fourth-order valence-electron chi connectivity index (χ4n) is 1.89. The molecule has 0 aliphatic carbocycles. The second-order valence-electron chi connectivity index (χ2n) is 4.40. The average Bonchev–Trinajstić information content (AvgIpc) is 2.95. The fraction of sp³-hybridized carbons (Fsp3) is 0.231. The lowest BCUT2D eigenvalue weighted by Crippen LogP contribution is -2.08. The number of nitrogens with zero attached hydrogens (tertiary/aromatic N) is 5. The van der Waals surface area contributed by atoms with E-state index in [9.17, 15) is 0 Å². The van der Waals surface area contributed by atoms with Crippen molar-refractivity contribution in [3.05, 3.63) is 47.5 Å². The van der Waals surface area contributed by atoms with Crippen molar-refractivity contribution in [2.75, 3.05) is 11.9 Å². The molecule has 0 spiro atoms. The van der Waals surface area contributed by atoms with Crippen molar-refractivity contribution in [3.63, 3.8) is 0 Å². The number of tetrazole rings is 1. The molecule has 2 heterocycles. The van der Waals surface area contributed by atoms with E-state index in [2.05, 4.69) is 25.9 Å². The van der Waals surface area contributed by atoms with Crippen LogP contribution in [0.1, 0.15) is 11.1 Å². The van der Waals surface area contributed by atoms with Crippen LogP contribution in [0.25, 0.3) is 5.65 Å². The lowest BCUT2D eigenvalue weighted by atomic mass is 10.1. The fourth-order valence-corrected chi connectivity index (χ4v) is 1.89. The second-order valence-corrected chi connectivity index (χ2v) is 4.40. The zero-order valence-electron chi connectivity index (χ0n) is 10.8. The first-order valence-corrected chi connectivity index (χ1v) is 6.33. The molecule has 2 N–H and O–H groups in total. The number of nitrogens with one attached hydrogen (secondary N) is 1. The molecule has 3 aromatic rings. The highest BCUT2D eigenvalue weighted by Gasteiger charge is 2.00. The van der Waals surface area contributed by atoms with Gasteiger partial charge in [0, 0.05) is 6.54 Å². The lowest BCUT2D eigenvalue weighted by molar-refractivity contribution is 0.282. The molecule has 7 nitrogen and oxygen atoms in total. The van der Waals surface area contributed by atoms with E-state index in [0.29, 0.717) is 5.65 Å². The topological polar surface area (TPSA) is 88.2 Å². The molecular formula is C13H14N6O. The van der Waals surface area contributed by atoms with Crippen LogP contribution in [0.5, 0.6) is 0 Å². The number of aliphatic hydroxyl groups is 1. The van der Waals surface area contributed by atoms with Gasteiger partial charge in [-0.2, -0.15) is 0 Å². The van der Waals surface area contributed by atoms with E-state index >= 15 is 0 Å². The van der Waals surface area contributed by atoms with E-state index in [1.54, 1.807) is 0 Å². The van der Waals surface area contributed by atoms with Crippen molar-refractivity contribution in [3.8, 4) is 0 Å². The Hall–Kier alpha value is -2.54. The minimum absolute atomic E-state index is 0.0778. The average molecular weight is 270 g/mol. The number of aromatic nitrogens is 5. The summed E-state index contributed by atoms with van der Waals surface area (Å²) < 4.78 is 1.39. The molecule has 3 rings (SSSR count). The van der Waals surface area contributed by atoms with Gasteiger partial charge in [0.15, 0.2) is 5.65 Å². The number of aliphatic hydroxyl groups excluding tert-OH is 1. The van der Waals surface area contributed by atoms with E-state index < -0.39 is 0 Å². The molecule has 0 unspecified atom stereocenters. The van der Waals surface area contributed by atoms with Gasteiger partial charge in [-0.1, -0.05) is 24.3 Å². The van der Waals surface area contributed by atoms with Crippen LogP contribution in [0.4, 0.5) is 5.82 Å². The Labute approximate surface area is 115 Å². The molecule has 2 aromatic heterocycles. The Morgan fingerprint density at radius 3 is 2.65 bits per heavy atom. The smallest absolute Gasteiger partial charge is 0.200 e. The van der Waals surface area contributed by atoms with Crippen molar-refractivity contribution in [2.24, 2.45) is 0 Å². The Balaban J connectivity index is 1.58. The van der Waals surface area contributed by atoms with Gasteiger partial charge in [-0.05, 0) is 40.1 Å². The number of benzene rings is 1. The third-order valence-electron chi connectivity index (χ3n) is 2.99. The van der Waals surface area contributed by atoms with Crippen LogP contribution >= 0.6 is 0 Å². The molecule has 0 atom stereocenters. The summed E-state index contributed by atoms with van der Waals surface area (Å²) in [4.78, 5) is 0. The Kier molecular flexibility index (Phi) is 3.51. The lowest BCUT2D eigenvalue weighted by Gasteiger charge is -2.05. The molecular weight excluding hydrogens is 256 g/mol. The number of fused-ring (bicyclic) bond motifs is 1. The molecule has 7 heteroatoms. The molecule has 0 saturated heterocycles. The van der Waals surface area contributed by atoms with Crippen molar-refractivity contribution < 1.29 is 5.11 Å². The van der Waals surface area contributed by atoms with Crippen molar-refractivity contribution in [1.29, 1.82) is 0 Å². The monoisotopic (exact) mass is 270 g/mol. The van der Waals surface area contributed by atoms with Gasteiger partial charge in [0.25, 0.3) is 0 Å². The van der Waals surface area contributed by atoms with Crippen LogP contribution in [-0.2, 0) is 13.0 Å². The summed E-state index contributed by atoms with van der Waals surface area (Å²) in [6.45, 7) is 0.841. The molecule has 0 fully saturated rings. The van der Waals surface area contributed by atoms with Crippen LogP contribution in [0.3, 0.4) is 0 Å². The number of hydrogen-bond acceptors (Lipinski definition) is 6. The van der Waals surface area contributed by atoms with Gasteiger partial charge in [-0.3, -0.25) is 0 Å². The third-order valence-corrected chi connectivity index (χ3v) is 2.99. The minimum Gasteiger partial charge on any atom is -0.392 e. The normalized spacial score (nSPS) is 10.8. The highest BCUT2D eigenvalue weighted by atomic mass is 16.3. The van der Waals surface area contributed by atoms with Gasteiger partial charge in [-0.25, -0.2) is 0 Å². The van der Waals surface area contributed by atoms with Crippen LogP contribution in [0.2, 0.25) is 0 Å². The maximum absolute atomic E-state index is 8.98. The van der Waals surface area contributed by atoms with Gasteiger partial charge in [-0.15, -0.1) is 14.8 Å². The highest BCUT2D eigenvalue weighted by Crippen LogP contribution is 2.07. The first kappa shape index (κ1) is 12.5. The van der Waals surface area contributed by atoms with E-state index in [1.165, 1.54) is 10.2 Å². The highest BCUT2D eigenvalue weighted by molar-refractivity contribution is 5.42. The molecule has 0 saturated carbocycles. The van der Waals surface area contributed by atoms with Crippen LogP contribution in [0.15, 0.2) is 36.4 Å². The molecule has 1 aromatic carbocycles. The minimum atomic E-state index is 0.0778. The summed E-state index contributed by atoms with van der Waals surface area (Å²) >= 11 is 0. The zero-order chi connectivity index (χ0) is 13.8. The summed E-state index contributed by atoms with van der Waals surface area (Å²) in [6, 6.07) is 11.6. The van der Waals surface area contributed by atoms with Gasteiger partial charge >= 0.3 is 0 Å². The standard InChI is InChI=1S/C13H14N6O/c20-9-11-3-1-10(2-4-11)7-8-14-12-5-6-13-15-17-18-19(13)16-12/h1-6,20H,7-9H2,(H,14,16). The first-order valence-electron chi connectivity index (χ1n) is 6.33. The van der Waals surface area contributed by atoms with Gasteiger partial charge in [0.2, 0.25) is 0 Å². The summed E-state index contributed by atoms with van der Waals surface area (Å²) in [5.41, 5.74) is 2.75. The maximum atomic E-state index is 8.98.